The molecule has 0 saturated carbocycles. The molecule has 1 saturated heterocycles. The van der Waals surface area contributed by atoms with Crippen LogP contribution in [0.15, 0.2) is 29.4 Å². The molecule has 0 amide bonds. The highest BCUT2D eigenvalue weighted by Crippen LogP contribution is 2.10. The van der Waals surface area contributed by atoms with Gasteiger partial charge >= 0.3 is 0 Å². The predicted octanol–water partition coefficient (Wildman–Crippen LogP) is 0.965. The first-order valence-electron chi connectivity index (χ1n) is 6.68. The topological polar surface area (TPSA) is 73.9 Å². The van der Waals surface area contributed by atoms with Crippen LogP contribution in [0.25, 0.3) is 0 Å². The van der Waals surface area contributed by atoms with Gasteiger partial charge in [0.2, 0.25) is 0 Å². The average molecular weight is 262 g/mol. The van der Waals surface area contributed by atoms with Gasteiger partial charge in [-0.25, -0.2) is 0 Å². The summed E-state index contributed by atoms with van der Waals surface area (Å²) in [6.45, 7) is 3.13. The zero-order valence-electron chi connectivity index (χ0n) is 11.3. The van der Waals surface area contributed by atoms with Crippen molar-refractivity contribution in [2.24, 2.45) is 10.9 Å². The van der Waals surface area contributed by atoms with Crippen LogP contribution in [0.2, 0.25) is 0 Å². The summed E-state index contributed by atoms with van der Waals surface area (Å²) in [5.41, 5.74) is 7.50. The van der Waals surface area contributed by atoms with Crippen LogP contribution in [0.1, 0.15) is 24.0 Å². The van der Waals surface area contributed by atoms with Crippen molar-refractivity contribution in [1.29, 1.82) is 0 Å². The van der Waals surface area contributed by atoms with Gasteiger partial charge in [-0.1, -0.05) is 23.4 Å². The van der Waals surface area contributed by atoms with E-state index >= 15 is 0 Å². The molecule has 1 aromatic carbocycles. The number of amidine groups is 1. The third kappa shape index (κ3) is 3.94. The molecule has 0 spiro atoms. The number of hydrogen-bond donors (Lipinski definition) is 3. The van der Waals surface area contributed by atoms with Gasteiger partial charge in [0.1, 0.15) is 0 Å². The van der Waals surface area contributed by atoms with E-state index in [0.717, 1.165) is 30.8 Å². The molecule has 2 rings (SSSR count). The van der Waals surface area contributed by atoms with E-state index in [4.69, 9.17) is 10.9 Å². The first kappa shape index (κ1) is 13.8. The van der Waals surface area contributed by atoms with E-state index in [1.165, 1.54) is 12.8 Å². The van der Waals surface area contributed by atoms with E-state index in [-0.39, 0.29) is 5.84 Å². The van der Waals surface area contributed by atoms with Crippen LogP contribution < -0.4 is 11.1 Å². The van der Waals surface area contributed by atoms with Crippen molar-refractivity contribution < 1.29 is 5.21 Å². The molecule has 0 unspecified atom stereocenters. The monoisotopic (exact) mass is 262 g/mol. The molecule has 0 aliphatic carbocycles. The van der Waals surface area contributed by atoms with Gasteiger partial charge in [0.15, 0.2) is 5.84 Å². The number of benzene rings is 1. The molecule has 1 fully saturated rings. The van der Waals surface area contributed by atoms with E-state index in [1.807, 2.05) is 18.2 Å². The maximum Gasteiger partial charge on any atom is 0.170 e. The average Bonchev–Trinajstić information content (AvgIpc) is 2.46. The van der Waals surface area contributed by atoms with Crippen LogP contribution >= 0.6 is 0 Å². The van der Waals surface area contributed by atoms with E-state index in [2.05, 4.69) is 28.5 Å². The second kappa shape index (κ2) is 6.54. The van der Waals surface area contributed by atoms with Crippen molar-refractivity contribution in [1.82, 2.24) is 10.2 Å². The molecule has 5 heteroatoms. The largest absolute Gasteiger partial charge is 0.409 e. The minimum Gasteiger partial charge on any atom is -0.409 e. The van der Waals surface area contributed by atoms with Crippen molar-refractivity contribution in [2.75, 3.05) is 20.1 Å². The van der Waals surface area contributed by atoms with Crippen LogP contribution in [0.4, 0.5) is 0 Å². The lowest BCUT2D eigenvalue weighted by Crippen LogP contribution is -2.40. The number of nitrogens with two attached hydrogens (primary N) is 1. The predicted molar refractivity (Wildman–Crippen MR) is 76.3 cm³/mol. The summed E-state index contributed by atoms with van der Waals surface area (Å²) in [6.07, 6.45) is 2.38. The Morgan fingerprint density at radius 3 is 2.89 bits per heavy atom. The Hall–Kier alpha value is -1.59. The maximum atomic E-state index is 8.68. The first-order chi connectivity index (χ1) is 9.19. The Labute approximate surface area is 114 Å². The summed E-state index contributed by atoms with van der Waals surface area (Å²) in [5, 5.41) is 15.3. The van der Waals surface area contributed by atoms with Crippen molar-refractivity contribution >= 4 is 5.84 Å². The van der Waals surface area contributed by atoms with Gasteiger partial charge in [0.05, 0.1) is 0 Å². The minimum absolute atomic E-state index is 0.154. The van der Waals surface area contributed by atoms with Gasteiger partial charge in [0, 0.05) is 18.2 Å². The molecule has 4 N–H and O–H groups in total. The smallest absolute Gasteiger partial charge is 0.170 e. The number of piperidine rings is 1. The van der Waals surface area contributed by atoms with E-state index in [9.17, 15) is 0 Å². The standard InChI is InChI=1S/C14H22N4O/c1-18-7-5-13(6-8-18)16-10-11-3-2-4-12(9-11)14(15)17-19/h2-4,9,13,16,19H,5-8,10H2,1H3,(H2,15,17). The molecule has 19 heavy (non-hydrogen) atoms. The third-order valence-electron chi connectivity index (χ3n) is 3.64. The highest BCUT2D eigenvalue weighted by Gasteiger charge is 2.15. The van der Waals surface area contributed by atoms with Gasteiger partial charge in [-0.15, -0.1) is 0 Å². The number of nitrogens with one attached hydrogen (secondary N) is 1. The van der Waals surface area contributed by atoms with Gasteiger partial charge in [0.25, 0.3) is 0 Å². The second-order valence-electron chi connectivity index (χ2n) is 5.14. The summed E-state index contributed by atoms with van der Waals surface area (Å²) in [6, 6.07) is 8.36. The molecular weight excluding hydrogens is 240 g/mol. The van der Waals surface area contributed by atoms with Crippen LogP contribution in [0, 0.1) is 0 Å². The van der Waals surface area contributed by atoms with E-state index < -0.39 is 0 Å². The molecule has 1 aromatic rings. The molecule has 1 aliphatic rings. The highest BCUT2D eigenvalue weighted by atomic mass is 16.4. The summed E-state index contributed by atoms with van der Waals surface area (Å²) in [7, 11) is 2.16. The highest BCUT2D eigenvalue weighted by molar-refractivity contribution is 5.97. The number of likely N-dealkylation sites (tertiary alicyclic amines) is 1. The van der Waals surface area contributed by atoms with Crippen LogP contribution in [0.3, 0.4) is 0 Å². The fraction of sp³-hybridized carbons (Fsp3) is 0.500. The molecule has 0 aromatic heterocycles. The van der Waals surface area contributed by atoms with E-state index in [0.29, 0.717) is 6.04 Å². The zero-order valence-corrected chi connectivity index (χ0v) is 11.3. The van der Waals surface area contributed by atoms with Crippen LogP contribution in [0.5, 0.6) is 0 Å². The van der Waals surface area contributed by atoms with E-state index in [1.54, 1.807) is 0 Å². The molecule has 0 bridgehead atoms. The van der Waals surface area contributed by atoms with Gasteiger partial charge in [-0.2, -0.15) is 0 Å². The maximum absolute atomic E-state index is 8.68. The summed E-state index contributed by atoms with van der Waals surface area (Å²) in [4.78, 5) is 2.36. The molecule has 104 valence electrons. The Kier molecular flexibility index (Phi) is 4.76. The normalized spacial score (nSPS) is 18.7. The number of hydrogen-bond acceptors (Lipinski definition) is 4. The summed E-state index contributed by atoms with van der Waals surface area (Å²) >= 11 is 0. The van der Waals surface area contributed by atoms with Gasteiger partial charge in [-0.05, 0) is 44.6 Å². The Bertz CT molecular complexity index is 439. The number of nitrogens with zero attached hydrogens (tertiary/aromatic N) is 2. The molecule has 1 aliphatic heterocycles. The lowest BCUT2D eigenvalue weighted by atomic mass is 10.0. The SMILES string of the molecule is CN1CCC(NCc2cccc(C(N)=NO)c2)CC1. The second-order valence-corrected chi connectivity index (χ2v) is 5.14. The number of oxime groups is 1. The Morgan fingerprint density at radius 1 is 1.47 bits per heavy atom. The molecule has 1 heterocycles. The Balaban J connectivity index is 1.89. The lowest BCUT2D eigenvalue weighted by Gasteiger charge is -2.29. The first-order valence-corrected chi connectivity index (χ1v) is 6.68. The lowest BCUT2D eigenvalue weighted by molar-refractivity contribution is 0.234. The molecule has 0 radical (unpaired) electrons. The minimum atomic E-state index is 0.154. The molecular formula is C14H22N4O. The summed E-state index contributed by atoms with van der Waals surface area (Å²) < 4.78 is 0. The summed E-state index contributed by atoms with van der Waals surface area (Å²) in [5.74, 6) is 0.154. The third-order valence-corrected chi connectivity index (χ3v) is 3.64. The molecule has 5 nitrogen and oxygen atoms in total. The van der Waals surface area contributed by atoms with Crippen molar-refractivity contribution in [2.45, 2.75) is 25.4 Å². The van der Waals surface area contributed by atoms with Gasteiger partial charge in [-0.3, -0.25) is 0 Å². The fourth-order valence-electron chi connectivity index (χ4n) is 2.37. The Morgan fingerprint density at radius 2 is 2.21 bits per heavy atom. The van der Waals surface area contributed by atoms with Crippen molar-refractivity contribution in [3.8, 4) is 0 Å². The zero-order chi connectivity index (χ0) is 13.7. The quantitative estimate of drug-likeness (QED) is 0.327. The van der Waals surface area contributed by atoms with Crippen LogP contribution in [-0.2, 0) is 6.54 Å². The fourth-order valence-corrected chi connectivity index (χ4v) is 2.37. The number of rotatable bonds is 4. The van der Waals surface area contributed by atoms with Crippen molar-refractivity contribution in [3.63, 3.8) is 0 Å². The molecule has 0 atom stereocenters. The van der Waals surface area contributed by atoms with Crippen LogP contribution in [-0.4, -0.2) is 42.1 Å². The van der Waals surface area contributed by atoms with Gasteiger partial charge < -0.3 is 21.2 Å². The van der Waals surface area contributed by atoms with Crippen molar-refractivity contribution in [3.05, 3.63) is 35.4 Å².